The molecule has 0 atom stereocenters. The fourth-order valence-electron chi connectivity index (χ4n) is 2.44. The summed E-state index contributed by atoms with van der Waals surface area (Å²) in [6, 6.07) is 14.4. The van der Waals surface area contributed by atoms with Gasteiger partial charge in [0.25, 0.3) is 5.69 Å². The molecule has 0 fully saturated rings. The van der Waals surface area contributed by atoms with Crippen LogP contribution < -0.4 is 5.32 Å². The molecule has 0 saturated carbocycles. The van der Waals surface area contributed by atoms with Gasteiger partial charge in [0.2, 0.25) is 0 Å². The van der Waals surface area contributed by atoms with Crippen molar-refractivity contribution in [3.05, 3.63) is 80.3 Å². The third-order valence-electron chi connectivity index (χ3n) is 4.10. The first-order valence-corrected chi connectivity index (χ1v) is 9.00. The van der Waals surface area contributed by atoms with Crippen LogP contribution in [-0.4, -0.2) is 9.91 Å². The average molecular weight is 376 g/mol. The van der Waals surface area contributed by atoms with E-state index >= 15 is 0 Å². The van der Waals surface area contributed by atoms with Crippen LogP contribution in [0.15, 0.2) is 54.0 Å². The van der Waals surface area contributed by atoms with Crippen molar-refractivity contribution in [2.75, 3.05) is 5.32 Å². The molecule has 0 amide bonds. The number of hydrogen-bond donors (Lipinski definition) is 1. The molecule has 1 aromatic heterocycles. The lowest BCUT2D eigenvalue weighted by Crippen LogP contribution is -1.92. The molecular weight excluding hydrogens is 360 g/mol. The Morgan fingerprint density at radius 1 is 1.26 bits per heavy atom. The molecule has 0 aliphatic carbocycles. The van der Waals surface area contributed by atoms with E-state index in [9.17, 15) is 15.4 Å². The van der Waals surface area contributed by atoms with Gasteiger partial charge in [0.15, 0.2) is 0 Å². The highest BCUT2D eigenvalue weighted by molar-refractivity contribution is 7.11. The SMILES string of the molecule is Cc1ccc(NC=C(C#N)c2nc(-c3cccc([N+](=O)[O-])c3)cs2)cc1C. The van der Waals surface area contributed by atoms with Crippen molar-refractivity contribution in [1.82, 2.24) is 4.98 Å². The number of nitrogens with one attached hydrogen (secondary N) is 1. The van der Waals surface area contributed by atoms with Gasteiger partial charge in [-0.3, -0.25) is 10.1 Å². The van der Waals surface area contributed by atoms with E-state index in [0.717, 1.165) is 11.3 Å². The Hall–Kier alpha value is -3.50. The Morgan fingerprint density at radius 3 is 2.78 bits per heavy atom. The monoisotopic (exact) mass is 376 g/mol. The zero-order valence-electron chi connectivity index (χ0n) is 14.8. The Kier molecular flexibility index (Phi) is 5.29. The number of anilines is 1. The van der Waals surface area contributed by atoms with Crippen LogP contribution in [-0.2, 0) is 0 Å². The van der Waals surface area contributed by atoms with E-state index in [4.69, 9.17) is 0 Å². The molecule has 3 aromatic rings. The summed E-state index contributed by atoms with van der Waals surface area (Å²) in [5.41, 5.74) is 4.91. The van der Waals surface area contributed by atoms with Gasteiger partial charge in [0.05, 0.1) is 10.6 Å². The quantitative estimate of drug-likeness (QED) is 0.370. The molecule has 1 N–H and O–H groups in total. The van der Waals surface area contributed by atoms with Crippen molar-refractivity contribution in [2.24, 2.45) is 0 Å². The van der Waals surface area contributed by atoms with Crippen molar-refractivity contribution >= 4 is 28.3 Å². The van der Waals surface area contributed by atoms with Crippen LogP contribution in [0, 0.1) is 35.3 Å². The number of allylic oxidation sites excluding steroid dienone is 1. The molecule has 1 heterocycles. The van der Waals surface area contributed by atoms with Crippen LogP contribution >= 0.6 is 11.3 Å². The number of aromatic nitrogens is 1. The highest BCUT2D eigenvalue weighted by Gasteiger charge is 2.12. The number of thiazole rings is 1. The minimum Gasteiger partial charge on any atom is -0.360 e. The first-order chi connectivity index (χ1) is 13.0. The molecule has 0 radical (unpaired) electrons. The van der Waals surface area contributed by atoms with Gasteiger partial charge in [0.1, 0.15) is 16.6 Å². The number of nitriles is 1. The van der Waals surface area contributed by atoms with Gasteiger partial charge < -0.3 is 5.32 Å². The van der Waals surface area contributed by atoms with E-state index in [0.29, 0.717) is 21.8 Å². The van der Waals surface area contributed by atoms with E-state index in [2.05, 4.69) is 16.4 Å². The molecule has 0 aliphatic rings. The molecular formula is C20H16N4O2S. The molecule has 134 valence electrons. The Balaban J connectivity index is 1.85. The second-order valence-electron chi connectivity index (χ2n) is 5.96. The molecule has 27 heavy (non-hydrogen) atoms. The van der Waals surface area contributed by atoms with Crippen molar-refractivity contribution in [3.63, 3.8) is 0 Å². The van der Waals surface area contributed by atoms with Crippen LogP contribution in [0.2, 0.25) is 0 Å². The minimum atomic E-state index is -0.440. The fraction of sp³-hybridized carbons (Fsp3) is 0.100. The van der Waals surface area contributed by atoms with Gasteiger partial charge in [-0.05, 0) is 37.1 Å². The van der Waals surface area contributed by atoms with Gasteiger partial charge >= 0.3 is 0 Å². The third kappa shape index (κ3) is 4.19. The zero-order chi connectivity index (χ0) is 19.4. The largest absolute Gasteiger partial charge is 0.360 e. The minimum absolute atomic E-state index is 0.00880. The highest BCUT2D eigenvalue weighted by Crippen LogP contribution is 2.28. The van der Waals surface area contributed by atoms with Gasteiger partial charge in [0, 0.05) is 35.0 Å². The lowest BCUT2D eigenvalue weighted by atomic mass is 10.1. The summed E-state index contributed by atoms with van der Waals surface area (Å²) in [6.07, 6.45) is 1.63. The maximum absolute atomic E-state index is 10.9. The van der Waals surface area contributed by atoms with Gasteiger partial charge in [-0.25, -0.2) is 4.98 Å². The van der Waals surface area contributed by atoms with Crippen LogP contribution in [0.25, 0.3) is 16.8 Å². The van der Waals surface area contributed by atoms with Gasteiger partial charge in [-0.1, -0.05) is 18.2 Å². The summed E-state index contributed by atoms with van der Waals surface area (Å²) in [7, 11) is 0. The molecule has 0 aliphatic heterocycles. The number of aryl methyl sites for hydroxylation is 2. The summed E-state index contributed by atoms with van der Waals surface area (Å²) in [5, 5.41) is 25.9. The lowest BCUT2D eigenvalue weighted by Gasteiger charge is -2.05. The standard InChI is InChI=1S/C20H16N4O2S/c1-13-6-7-17(8-14(13)2)22-11-16(10-21)20-23-19(12-27-20)15-4-3-5-18(9-15)24(25)26/h3-9,11-12,22H,1-2H3. The number of nitro benzene ring substituents is 1. The fourth-order valence-corrected chi connectivity index (χ4v) is 3.23. The molecule has 3 rings (SSSR count). The molecule has 0 unspecified atom stereocenters. The Bertz CT molecular complexity index is 1080. The van der Waals surface area contributed by atoms with Crippen molar-refractivity contribution < 1.29 is 4.92 Å². The normalized spacial score (nSPS) is 11.1. The smallest absolute Gasteiger partial charge is 0.270 e. The second kappa shape index (κ2) is 7.81. The van der Waals surface area contributed by atoms with E-state index in [1.807, 2.05) is 32.0 Å². The summed E-state index contributed by atoms with van der Waals surface area (Å²) in [6.45, 7) is 4.07. The first-order valence-electron chi connectivity index (χ1n) is 8.12. The molecule has 6 nitrogen and oxygen atoms in total. The van der Waals surface area contributed by atoms with Crippen LogP contribution in [0.3, 0.4) is 0 Å². The molecule has 0 bridgehead atoms. The Morgan fingerprint density at radius 2 is 2.07 bits per heavy atom. The van der Waals surface area contributed by atoms with Crippen molar-refractivity contribution in [3.8, 4) is 17.3 Å². The predicted octanol–water partition coefficient (Wildman–Crippen LogP) is 5.31. The first kappa shape index (κ1) is 18.3. The van der Waals surface area contributed by atoms with Crippen LogP contribution in [0.4, 0.5) is 11.4 Å². The van der Waals surface area contributed by atoms with Crippen molar-refractivity contribution in [1.29, 1.82) is 5.26 Å². The van der Waals surface area contributed by atoms with Crippen LogP contribution in [0.1, 0.15) is 16.1 Å². The van der Waals surface area contributed by atoms with Gasteiger partial charge in [-0.2, -0.15) is 5.26 Å². The number of rotatable bonds is 5. The molecule has 0 saturated heterocycles. The Labute approximate surface area is 160 Å². The number of benzene rings is 2. The summed E-state index contributed by atoms with van der Waals surface area (Å²) in [4.78, 5) is 15.0. The lowest BCUT2D eigenvalue weighted by molar-refractivity contribution is -0.384. The predicted molar refractivity (Wildman–Crippen MR) is 107 cm³/mol. The summed E-state index contributed by atoms with van der Waals surface area (Å²) < 4.78 is 0. The summed E-state index contributed by atoms with van der Waals surface area (Å²) >= 11 is 1.32. The van der Waals surface area contributed by atoms with E-state index < -0.39 is 4.92 Å². The molecule has 2 aromatic carbocycles. The van der Waals surface area contributed by atoms with Crippen LogP contribution in [0.5, 0.6) is 0 Å². The number of nitro groups is 1. The number of hydrogen-bond acceptors (Lipinski definition) is 6. The van der Waals surface area contributed by atoms with Gasteiger partial charge in [-0.15, -0.1) is 11.3 Å². The maximum atomic E-state index is 10.9. The van der Waals surface area contributed by atoms with E-state index in [1.165, 1.54) is 29.0 Å². The second-order valence-corrected chi connectivity index (χ2v) is 6.82. The highest BCUT2D eigenvalue weighted by atomic mass is 32.1. The topological polar surface area (TPSA) is 91.8 Å². The zero-order valence-corrected chi connectivity index (χ0v) is 15.6. The molecule has 0 spiro atoms. The molecule has 7 heteroatoms. The number of nitrogens with zero attached hydrogens (tertiary/aromatic N) is 3. The van der Waals surface area contributed by atoms with E-state index in [1.54, 1.807) is 23.7 Å². The third-order valence-corrected chi connectivity index (χ3v) is 4.97. The maximum Gasteiger partial charge on any atom is 0.270 e. The average Bonchev–Trinajstić information content (AvgIpc) is 3.15. The van der Waals surface area contributed by atoms with E-state index in [-0.39, 0.29) is 5.69 Å². The summed E-state index contributed by atoms with van der Waals surface area (Å²) in [5.74, 6) is 0. The number of non-ortho nitro benzene ring substituents is 1. The van der Waals surface area contributed by atoms with Crippen molar-refractivity contribution in [2.45, 2.75) is 13.8 Å².